The number of para-hydroxylation sites is 1. The average molecular weight is 416 g/mol. The lowest BCUT2D eigenvalue weighted by Crippen LogP contribution is -2.64. The van der Waals surface area contributed by atoms with Crippen molar-refractivity contribution in [2.75, 3.05) is 23.5 Å². The zero-order valence-electron chi connectivity index (χ0n) is 17.2. The van der Waals surface area contributed by atoms with E-state index in [0.717, 1.165) is 23.4 Å². The normalized spacial score (nSPS) is 28.3. The smallest absolute Gasteiger partial charge is 0.252 e. The van der Waals surface area contributed by atoms with Gasteiger partial charge in [-0.25, -0.2) is 0 Å². The van der Waals surface area contributed by atoms with Crippen LogP contribution in [0.1, 0.15) is 32.3 Å². The van der Waals surface area contributed by atoms with Crippen molar-refractivity contribution >= 4 is 35.2 Å². The first kappa shape index (κ1) is 21.6. The Kier molecular flexibility index (Phi) is 6.49. The van der Waals surface area contributed by atoms with E-state index < -0.39 is 5.54 Å². The van der Waals surface area contributed by atoms with Crippen LogP contribution in [-0.2, 0) is 19.9 Å². The number of carbonyl (C=O) groups excluding carboxylic acids is 3. The second-order valence-corrected chi connectivity index (χ2v) is 8.90. The molecule has 29 heavy (non-hydrogen) atoms. The van der Waals surface area contributed by atoms with Gasteiger partial charge in [0.05, 0.1) is 5.92 Å². The number of hydrogen-bond acceptors (Lipinski definition) is 5. The SMILES string of the molecule is C=CCN1C(=O)[C@]2(C[C@H](C)[C@H](C(=O)NC(C)=O)[C@H](CCSC)N2)c2ccccc21. The molecule has 0 aromatic heterocycles. The first-order valence-electron chi connectivity index (χ1n) is 9.96. The van der Waals surface area contributed by atoms with Gasteiger partial charge in [0.15, 0.2) is 0 Å². The summed E-state index contributed by atoms with van der Waals surface area (Å²) in [4.78, 5) is 39.7. The van der Waals surface area contributed by atoms with Crippen LogP contribution in [0, 0.1) is 11.8 Å². The van der Waals surface area contributed by atoms with E-state index in [1.165, 1.54) is 6.92 Å². The number of anilines is 1. The van der Waals surface area contributed by atoms with E-state index in [1.54, 1.807) is 22.7 Å². The van der Waals surface area contributed by atoms with Gasteiger partial charge in [0.1, 0.15) is 5.54 Å². The van der Waals surface area contributed by atoms with Crippen molar-refractivity contribution in [2.45, 2.75) is 38.3 Å². The summed E-state index contributed by atoms with van der Waals surface area (Å²) in [5, 5.41) is 6.04. The Bertz CT molecular complexity index is 827. The molecule has 3 rings (SSSR count). The van der Waals surface area contributed by atoms with Gasteiger partial charge >= 0.3 is 0 Å². The topological polar surface area (TPSA) is 78.5 Å². The number of piperidine rings is 1. The lowest BCUT2D eigenvalue weighted by atomic mass is 9.70. The van der Waals surface area contributed by atoms with Crippen LogP contribution in [0.3, 0.4) is 0 Å². The monoisotopic (exact) mass is 415 g/mol. The number of imide groups is 1. The van der Waals surface area contributed by atoms with Crippen molar-refractivity contribution < 1.29 is 14.4 Å². The first-order chi connectivity index (χ1) is 13.9. The van der Waals surface area contributed by atoms with Crippen molar-refractivity contribution in [3.05, 3.63) is 42.5 Å². The molecule has 156 valence electrons. The maximum absolute atomic E-state index is 13.6. The third-order valence-electron chi connectivity index (χ3n) is 5.92. The molecule has 1 fully saturated rings. The molecule has 2 aliphatic rings. The Balaban J connectivity index is 2.01. The number of benzene rings is 1. The Morgan fingerprint density at radius 1 is 1.41 bits per heavy atom. The minimum absolute atomic E-state index is 0.00466. The van der Waals surface area contributed by atoms with E-state index in [9.17, 15) is 14.4 Å². The molecule has 7 heteroatoms. The second-order valence-electron chi connectivity index (χ2n) is 7.91. The van der Waals surface area contributed by atoms with Crippen LogP contribution in [0.15, 0.2) is 36.9 Å². The Labute approximate surface area is 176 Å². The predicted octanol–water partition coefficient (Wildman–Crippen LogP) is 2.44. The number of fused-ring (bicyclic) bond motifs is 2. The molecule has 0 bridgehead atoms. The molecule has 0 unspecified atom stereocenters. The number of carbonyl (C=O) groups is 3. The summed E-state index contributed by atoms with van der Waals surface area (Å²) >= 11 is 1.70. The van der Waals surface area contributed by atoms with Crippen LogP contribution < -0.4 is 15.5 Å². The highest BCUT2D eigenvalue weighted by molar-refractivity contribution is 7.98. The number of hydrogen-bond donors (Lipinski definition) is 2. The quantitative estimate of drug-likeness (QED) is 0.698. The largest absolute Gasteiger partial charge is 0.306 e. The molecule has 0 aliphatic carbocycles. The van der Waals surface area contributed by atoms with Gasteiger partial charge in [-0.1, -0.05) is 31.2 Å². The standard InChI is InChI=1S/C22H29N3O3S/c1-5-11-25-18-9-7-6-8-16(18)22(21(25)28)13-14(2)19(20(27)23-15(3)26)17(24-22)10-12-29-4/h5-9,14,17,19,24H,1,10-13H2,2-4H3,(H,23,26,27)/t14-,17-,19-,22-/m0/s1. The molecule has 1 aromatic carbocycles. The first-order valence-corrected chi connectivity index (χ1v) is 11.4. The minimum Gasteiger partial charge on any atom is -0.306 e. The maximum atomic E-state index is 13.6. The molecule has 1 spiro atoms. The van der Waals surface area contributed by atoms with Gasteiger partial charge in [0.2, 0.25) is 11.8 Å². The molecule has 6 nitrogen and oxygen atoms in total. The Morgan fingerprint density at radius 3 is 2.79 bits per heavy atom. The number of nitrogens with one attached hydrogen (secondary N) is 2. The summed E-state index contributed by atoms with van der Waals surface area (Å²) in [5.41, 5.74) is 1.00. The maximum Gasteiger partial charge on any atom is 0.252 e. The summed E-state index contributed by atoms with van der Waals surface area (Å²) < 4.78 is 0. The molecule has 1 saturated heterocycles. The molecular formula is C22H29N3O3S. The van der Waals surface area contributed by atoms with E-state index in [1.807, 2.05) is 37.4 Å². The van der Waals surface area contributed by atoms with Gasteiger partial charge in [0, 0.05) is 30.8 Å². The molecular weight excluding hydrogens is 386 g/mol. The summed E-state index contributed by atoms with van der Waals surface area (Å²) in [5.74, 6) is -0.194. The van der Waals surface area contributed by atoms with Crippen LogP contribution in [-0.4, -0.2) is 42.3 Å². The third-order valence-corrected chi connectivity index (χ3v) is 6.56. The fourth-order valence-corrected chi connectivity index (χ4v) is 5.33. The van der Waals surface area contributed by atoms with Gasteiger partial charge in [-0.15, -0.1) is 6.58 Å². The van der Waals surface area contributed by atoms with Crippen LogP contribution in [0.2, 0.25) is 0 Å². The lowest BCUT2D eigenvalue weighted by Gasteiger charge is -2.46. The molecule has 3 amide bonds. The molecule has 4 atom stereocenters. The average Bonchev–Trinajstić information content (AvgIpc) is 2.88. The van der Waals surface area contributed by atoms with Gasteiger partial charge in [-0.05, 0) is 36.8 Å². The molecule has 2 aliphatic heterocycles. The van der Waals surface area contributed by atoms with Crippen molar-refractivity contribution in [1.82, 2.24) is 10.6 Å². The predicted molar refractivity (Wildman–Crippen MR) is 117 cm³/mol. The van der Waals surface area contributed by atoms with E-state index in [4.69, 9.17) is 0 Å². The fraction of sp³-hybridized carbons (Fsp3) is 0.500. The van der Waals surface area contributed by atoms with Gasteiger partial charge in [-0.3, -0.25) is 25.0 Å². The second kappa shape index (κ2) is 8.71. The van der Waals surface area contributed by atoms with E-state index >= 15 is 0 Å². The van der Waals surface area contributed by atoms with E-state index in [2.05, 4.69) is 17.2 Å². The third kappa shape index (κ3) is 3.85. The highest BCUT2D eigenvalue weighted by Gasteiger charge is 2.57. The van der Waals surface area contributed by atoms with Gasteiger partial charge < -0.3 is 4.90 Å². The lowest BCUT2D eigenvalue weighted by molar-refractivity contribution is -0.138. The summed E-state index contributed by atoms with van der Waals surface area (Å²) in [7, 11) is 0. The van der Waals surface area contributed by atoms with Crippen LogP contribution in [0.4, 0.5) is 5.69 Å². The van der Waals surface area contributed by atoms with Crippen molar-refractivity contribution in [1.29, 1.82) is 0 Å². The molecule has 0 radical (unpaired) electrons. The zero-order chi connectivity index (χ0) is 21.2. The molecule has 0 saturated carbocycles. The van der Waals surface area contributed by atoms with Crippen LogP contribution in [0.5, 0.6) is 0 Å². The van der Waals surface area contributed by atoms with Crippen LogP contribution >= 0.6 is 11.8 Å². The van der Waals surface area contributed by atoms with E-state index in [-0.39, 0.29) is 35.6 Å². The highest BCUT2D eigenvalue weighted by atomic mass is 32.2. The number of rotatable bonds is 6. The van der Waals surface area contributed by atoms with Crippen molar-refractivity contribution in [3.63, 3.8) is 0 Å². The molecule has 2 N–H and O–H groups in total. The van der Waals surface area contributed by atoms with Gasteiger partial charge in [0.25, 0.3) is 5.91 Å². The minimum atomic E-state index is -0.852. The number of thioether (sulfide) groups is 1. The molecule has 2 heterocycles. The van der Waals surface area contributed by atoms with Crippen LogP contribution in [0.25, 0.3) is 0 Å². The Morgan fingerprint density at radius 2 is 2.14 bits per heavy atom. The number of amides is 3. The van der Waals surface area contributed by atoms with E-state index in [0.29, 0.717) is 13.0 Å². The van der Waals surface area contributed by atoms with Crippen molar-refractivity contribution in [3.8, 4) is 0 Å². The fourth-order valence-electron chi connectivity index (χ4n) is 4.84. The molecule has 1 aromatic rings. The highest BCUT2D eigenvalue weighted by Crippen LogP contribution is 2.48. The Hall–Kier alpha value is -2.12. The summed E-state index contributed by atoms with van der Waals surface area (Å²) in [6, 6.07) is 7.64. The summed E-state index contributed by atoms with van der Waals surface area (Å²) in [6.45, 7) is 7.59. The zero-order valence-corrected chi connectivity index (χ0v) is 18.1. The van der Waals surface area contributed by atoms with Crippen molar-refractivity contribution in [2.24, 2.45) is 11.8 Å². The summed E-state index contributed by atoms with van der Waals surface area (Å²) in [6.07, 6.45) is 4.99. The number of nitrogens with zero attached hydrogens (tertiary/aromatic N) is 1. The van der Waals surface area contributed by atoms with Gasteiger partial charge in [-0.2, -0.15) is 11.8 Å².